The molecular formula is C10H19O7P2-3. The quantitative estimate of drug-likeness (QED) is 0.461. The van der Waals surface area contributed by atoms with Gasteiger partial charge in [0.1, 0.15) is 0 Å². The molecule has 0 aliphatic rings. The Hall–Kier alpha value is -0.0000000000000000416. The number of phosphoric acid groups is 2. The van der Waals surface area contributed by atoms with Crippen LogP contribution in [0.2, 0.25) is 0 Å². The van der Waals surface area contributed by atoms with Crippen molar-refractivity contribution in [3.8, 4) is 0 Å². The Labute approximate surface area is 113 Å². The van der Waals surface area contributed by atoms with Gasteiger partial charge >= 0.3 is 0 Å². The molecule has 7 nitrogen and oxygen atoms in total. The molecule has 0 radical (unpaired) electrons. The average molecular weight is 313 g/mol. The second-order valence-electron chi connectivity index (χ2n) is 4.61. The lowest BCUT2D eigenvalue weighted by molar-refractivity contribution is -0.339. The van der Waals surface area contributed by atoms with E-state index < -0.39 is 15.6 Å². The molecule has 0 saturated heterocycles. The van der Waals surface area contributed by atoms with Gasteiger partial charge in [-0.1, -0.05) is 31.9 Å². The van der Waals surface area contributed by atoms with E-state index in [9.17, 15) is 23.8 Å². The predicted octanol–water partition coefficient (Wildman–Crippen LogP) is 1.09. The van der Waals surface area contributed by atoms with Gasteiger partial charge in [0.05, 0.1) is 14.4 Å². The van der Waals surface area contributed by atoms with Gasteiger partial charge in [-0.3, -0.25) is 8.88 Å². The fourth-order valence-corrected chi connectivity index (χ4v) is 2.73. The van der Waals surface area contributed by atoms with Crippen LogP contribution in [0.1, 0.15) is 40.0 Å². The summed E-state index contributed by atoms with van der Waals surface area (Å²) in [6.45, 7) is 5.68. The molecular weight excluding hydrogens is 294 g/mol. The fraction of sp³-hybridized carbons (Fsp3) is 0.800. The summed E-state index contributed by atoms with van der Waals surface area (Å²) in [5.41, 5.74) is 0.924. The third-order valence-electron chi connectivity index (χ3n) is 2.22. The molecule has 0 aliphatic heterocycles. The summed E-state index contributed by atoms with van der Waals surface area (Å²) in [6, 6.07) is 0. The predicted molar refractivity (Wildman–Crippen MR) is 64.7 cm³/mol. The van der Waals surface area contributed by atoms with Gasteiger partial charge in [0.2, 0.25) is 0 Å². The first-order valence-electron chi connectivity index (χ1n) is 5.86. The zero-order valence-corrected chi connectivity index (χ0v) is 13.0. The normalized spacial score (nSPS) is 16.7. The maximum absolute atomic E-state index is 10.9. The lowest BCUT2D eigenvalue weighted by Gasteiger charge is -2.34. The molecule has 0 heterocycles. The van der Waals surface area contributed by atoms with E-state index in [0.29, 0.717) is 5.92 Å². The van der Waals surface area contributed by atoms with Crippen LogP contribution in [0, 0.1) is 5.92 Å². The third-order valence-corrected chi connectivity index (χ3v) is 4.28. The molecule has 0 amide bonds. The molecule has 0 aromatic heterocycles. The first-order valence-corrected chi connectivity index (χ1v) is 8.78. The minimum atomic E-state index is -5.60. The Morgan fingerprint density at radius 2 is 1.84 bits per heavy atom. The second-order valence-corrected chi connectivity index (χ2v) is 7.31. The molecule has 0 spiro atoms. The van der Waals surface area contributed by atoms with Crippen molar-refractivity contribution in [1.82, 2.24) is 0 Å². The lowest BCUT2D eigenvalue weighted by Crippen LogP contribution is -2.19. The number of phosphoric ester groups is 1. The topological polar surface area (TPSA) is 122 Å². The van der Waals surface area contributed by atoms with Crippen LogP contribution in [0.25, 0.3) is 0 Å². The Balaban J connectivity index is 4.06. The standard InChI is InChI=1S/C10H22O7P2/c1-9(2)5-4-6-10(3)7-8-16-19(14,15)17-18(11,12)13/h7,9H,4-6,8H2,1-3H3,(H,14,15)(H2,11,12,13)/p-3. The highest BCUT2D eigenvalue weighted by atomic mass is 31.3. The SMILES string of the molecule is CC(=CCOP(=O)([O-])OP(=O)([O-])[O-])CCCC(C)C. The van der Waals surface area contributed by atoms with Crippen LogP contribution in [0.5, 0.6) is 0 Å². The maximum atomic E-state index is 10.9. The number of hydrogen-bond acceptors (Lipinski definition) is 7. The van der Waals surface area contributed by atoms with Crippen LogP contribution in [-0.4, -0.2) is 6.61 Å². The van der Waals surface area contributed by atoms with E-state index in [4.69, 9.17) is 0 Å². The van der Waals surface area contributed by atoms with Crippen molar-refractivity contribution in [2.45, 2.75) is 40.0 Å². The zero-order valence-electron chi connectivity index (χ0n) is 11.2. The van der Waals surface area contributed by atoms with Gasteiger partial charge < -0.3 is 23.8 Å². The van der Waals surface area contributed by atoms with Gasteiger partial charge in [0, 0.05) is 0 Å². The second kappa shape index (κ2) is 8.32. The van der Waals surface area contributed by atoms with E-state index in [2.05, 4.69) is 22.7 Å². The summed E-state index contributed by atoms with van der Waals surface area (Å²) in [6.07, 6.45) is 4.34. The van der Waals surface area contributed by atoms with Crippen LogP contribution in [0.3, 0.4) is 0 Å². The highest BCUT2D eigenvalue weighted by Gasteiger charge is 2.10. The van der Waals surface area contributed by atoms with Crippen molar-refractivity contribution in [1.29, 1.82) is 0 Å². The minimum Gasteiger partial charge on any atom is -0.790 e. The minimum absolute atomic E-state index is 0.353. The largest absolute Gasteiger partial charge is 0.790 e. The summed E-state index contributed by atoms with van der Waals surface area (Å²) in [7, 11) is -10.7. The summed E-state index contributed by atoms with van der Waals surface area (Å²) in [4.78, 5) is 31.2. The number of hydrogen-bond donors (Lipinski definition) is 0. The van der Waals surface area contributed by atoms with E-state index in [1.54, 1.807) is 0 Å². The molecule has 114 valence electrons. The first-order chi connectivity index (χ1) is 8.52. The van der Waals surface area contributed by atoms with E-state index in [1.165, 1.54) is 6.08 Å². The van der Waals surface area contributed by atoms with Crippen molar-refractivity contribution >= 4 is 15.6 Å². The van der Waals surface area contributed by atoms with Gasteiger partial charge in [-0.15, -0.1) is 0 Å². The van der Waals surface area contributed by atoms with Crippen molar-refractivity contribution in [2.75, 3.05) is 6.61 Å². The molecule has 0 saturated carbocycles. The Bertz CT molecular complexity index is 385. The molecule has 0 aromatic rings. The van der Waals surface area contributed by atoms with Gasteiger partial charge in [0.15, 0.2) is 0 Å². The van der Waals surface area contributed by atoms with Crippen molar-refractivity contribution in [3.05, 3.63) is 11.6 Å². The maximum Gasteiger partial charge on any atom is 0.272 e. The summed E-state index contributed by atoms with van der Waals surface area (Å²) in [5, 5.41) is 0. The summed E-state index contributed by atoms with van der Waals surface area (Å²) >= 11 is 0. The van der Waals surface area contributed by atoms with Gasteiger partial charge in [-0.05, 0) is 25.7 Å². The smallest absolute Gasteiger partial charge is 0.272 e. The van der Waals surface area contributed by atoms with Crippen LogP contribution in [-0.2, 0) is 18.0 Å². The van der Waals surface area contributed by atoms with Crippen LogP contribution in [0.15, 0.2) is 11.6 Å². The zero-order chi connectivity index (χ0) is 15.1. The van der Waals surface area contributed by atoms with Crippen LogP contribution >= 0.6 is 15.6 Å². The van der Waals surface area contributed by atoms with E-state index >= 15 is 0 Å². The number of allylic oxidation sites excluding steroid dienone is 1. The van der Waals surface area contributed by atoms with E-state index in [-0.39, 0.29) is 6.61 Å². The van der Waals surface area contributed by atoms with E-state index in [1.807, 2.05) is 6.92 Å². The molecule has 19 heavy (non-hydrogen) atoms. The third kappa shape index (κ3) is 12.8. The fourth-order valence-electron chi connectivity index (χ4n) is 1.31. The van der Waals surface area contributed by atoms with Gasteiger partial charge in [-0.25, -0.2) is 0 Å². The lowest BCUT2D eigenvalue weighted by atomic mass is 10.0. The monoisotopic (exact) mass is 313 g/mol. The van der Waals surface area contributed by atoms with Crippen molar-refractivity contribution in [2.24, 2.45) is 5.92 Å². The summed E-state index contributed by atoms with van der Waals surface area (Å²) < 4.78 is 28.6. The van der Waals surface area contributed by atoms with E-state index in [0.717, 1.165) is 24.8 Å². The molecule has 0 aromatic carbocycles. The molecule has 0 aliphatic carbocycles. The average Bonchev–Trinajstić information content (AvgIpc) is 2.12. The molecule has 0 N–H and O–H groups in total. The highest BCUT2D eigenvalue weighted by Crippen LogP contribution is 2.50. The van der Waals surface area contributed by atoms with Crippen molar-refractivity contribution < 1.29 is 32.6 Å². The molecule has 0 rings (SSSR count). The molecule has 0 fully saturated rings. The molecule has 9 heteroatoms. The molecule has 0 bridgehead atoms. The van der Waals surface area contributed by atoms with Crippen LogP contribution < -0.4 is 14.7 Å². The Morgan fingerprint density at radius 1 is 1.26 bits per heavy atom. The molecule has 1 unspecified atom stereocenters. The number of rotatable bonds is 9. The Kier molecular flexibility index (Phi) is 8.32. The van der Waals surface area contributed by atoms with Crippen LogP contribution in [0.4, 0.5) is 0 Å². The van der Waals surface area contributed by atoms with Gasteiger partial charge in [0.25, 0.3) is 7.82 Å². The highest BCUT2D eigenvalue weighted by molar-refractivity contribution is 7.58. The van der Waals surface area contributed by atoms with Gasteiger partial charge in [-0.2, -0.15) is 0 Å². The van der Waals surface area contributed by atoms with Crippen molar-refractivity contribution in [3.63, 3.8) is 0 Å². The first kappa shape index (κ1) is 19.0. The molecule has 1 atom stereocenters. The summed E-state index contributed by atoms with van der Waals surface area (Å²) in [5.74, 6) is 0.600. The Morgan fingerprint density at radius 3 is 2.32 bits per heavy atom.